The van der Waals surface area contributed by atoms with Crippen molar-refractivity contribution in [1.82, 2.24) is 0 Å². The van der Waals surface area contributed by atoms with Gasteiger partial charge in [0, 0.05) is 12.5 Å². The van der Waals surface area contributed by atoms with E-state index in [1.165, 1.54) is 6.26 Å². The van der Waals surface area contributed by atoms with Crippen molar-refractivity contribution in [3.05, 3.63) is 47.9 Å². The molecule has 0 fully saturated rings. The van der Waals surface area contributed by atoms with Gasteiger partial charge in [-0.1, -0.05) is 30.3 Å². The minimum atomic E-state index is -0.917. The Hall–Kier alpha value is -2.01. The fourth-order valence-electron chi connectivity index (χ4n) is 2.19. The lowest BCUT2D eigenvalue weighted by atomic mass is 9.85. The van der Waals surface area contributed by atoms with Crippen molar-refractivity contribution >= 4 is 5.97 Å². The third-order valence-corrected chi connectivity index (χ3v) is 3.21. The molecular formula is C14H17NO4. The van der Waals surface area contributed by atoms with Gasteiger partial charge in [-0.25, -0.2) is 0 Å². The number of hydrogen-bond acceptors (Lipinski definition) is 4. The number of carboxylic acids is 1. The lowest BCUT2D eigenvalue weighted by Gasteiger charge is -2.22. The van der Waals surface area contributed by atoms with Crippen LogP contribution < -0.4 is 5.73 Å². The first-order chi connectivity index (χ1) is 9.22. The molecule has 0 spiro atoms. The van der Waals surface area contributed by atoms with E-state index in [4.69, 9.17) is 15.2 Å². The first kappa shape index (κ1) is 13.4. The van der Waals surface area contributed by atoms with Gasteiger partial charge in [-0.05, 0) is 12.0 Å². The summed E-state index contributed by atoms with van der Waals surface area (Å²) in [6, 6.07) is 9.68. The Bertz CT molecular complexity index is 458. The summed E-state index contributed by atoms with van der Waals surface area (Å²) in [5, 5.41) is 9.28. The number of hydrogen-bond donors (Lipinski definition) is 2. The van der Waals surface area contributed by atoms with Crippen molar-refractivity contribution in [1.29, 1.82) is 0 Å². The molecule has 0 saturated heterocycles. The molecule has 2 atom stereocenters. The molecular weight excluding hydrogens is 246 g/mol. The van der Waals surface area contributed by atoms with Crippen LogP contribution in [0.15, 0.2) is 42.4 Å². The number of aliphatic carboxylic acids is 1. The minimum Gasteiger partial charge on any atom is -0.481 e. The molecule has 0 amide bonds. The SMILES string of the molecule is NCC(C(=O)O)C(Cc1ccccc1)C1=COCO1. The number of carbonyl (C=O) groups is 1. The van der Waals surface area contributed by atoms with Crippen LogP contribution in [-0.2, 0) is 20.7 Å². The third kappa shape index (κ3) is 3.26. The van der Waals surface area contributed by atoms with Gasteiger partial charge >= 0.3 is 5.97 Å². The molecule has 5 heteroatoms. The molecule has 2 unspecified atom stereocenters. The Morgan fingerprint density at radius 3 is 2.63 bits per heavy atom. The topological polar surface area (TPSA) is 81.8 Å². The number of carboxylic acid groups (broad SMARTS) is 1. The molecule has 1 aromatic carbocycles. The maximum atomic E-state index is 11.3. The van der Waals surface area contributed by atoms with Crippen molar-refractivity contribution < 1.29 is 19.4 Å². The second kappa shape index (κ2) is 6.24. The van der Waals surface area contributed by atoms with Crippen LogP contribution in [0.1, 0.15) is 5.56 Å². The quantitative estimate of drug-likeness (QED) is 0.809. The highest BCUT2D eigenvalue weighted by molar-refractivity contribution is 5.71. The zero-order valence-corrected chi connectivity index (χ0v) is 10.5. The van der Waals surface area contributed by atoms with E-state index in [9.17, 15) is 9.90 Å². The first-order valence-electron chi connectivity index (χ1n) is 6.13. The summed E-state index contributed by atoms with van der Waals surface area (Å²) in [6.45, 7) is 0.199. The van der Waals surface area contributed by atoms with Crippen molar-refractivity contribution in [2.45, 2.75) is 6.42 Å². The Morgan fingerprint density at radius 1 is 1.37 bits per heavy atom. The fraction of sp³-hybridized carbons (Fsp3) is 0.357. The molecule has 0 radical (unpaired) electrons. The van der Waals surface area contributed by atoms with Gasteiger partial charge in [-0.3, -0.25) is 4.79 Å². The Kier molecular flexibility index (Phi) is 4.41. The predicted octanol–water partition coefficient (Wildman–Crippen LogP) is 1.35. The molecule has 19 heavy (non-hydrogen) atoms. The zero-order valence-electron chi connectivity index (χ0n) is 10.5. The normalized spacial score (nSPS) is 17.0. The molecule has 0 aromatic heterocycles. The van der Waals surface area contributed by atoms with Crippen molar-refractivity contribution in [3.8, 4) is 0 Å². The summed E-state index contributed by atoms with van der Waals surface area (Å²) in [7, 11) is 0. The fourth-order valence-corrected chi connectivity index (χ4v) is 2.19. The Balaban J connectivity index is 2.21. The molecule has 0 bridgehead atoms. The second-order valence-electron chi connectivity index (χ2n) is 4.43. The van der Waals surface area contributed by atoms with Gasteiger partial charge in [-0.2, -0.15) is 0 Å². The standard InChI is InChI=1S/C14H17NO4/c15-7-12(14(16)17)11(13-8-18-9-19-13)6-10-4-2-1-3-5-10/h1-5,8,11-12H,6-7,9,15H2,(H,16,17). The maximum Gasteiger partial charge on any atom is 0.308 e. The largest absolute Gasteiger partial charge is 0.481 e. The number of ether oxygens (including phenoxy) is 2. The van der Waals surface area contributed by atoms with Gasteiger partial charge in [0.15, 0.2) is 0 Å². The Labute approximate surface area is 111 Å². The van der Waals surface area contributed by atoms with E-state index in [-0.39, 0.29) is 19.3 Å². The maximum absolute atomic E-state index is 11.3. The average Bonchev–Trinajstić information content (AvgIpc) is 2.93. The molecule has 1 aliphatic heterocycles. The number of allylic oxidation sites excluding steroid dienone is 1. The van der Waals surface area contributed by atoms with Crippen molar-refractivity contribution in [3.63, 3.8) is 0 Å². The predicted molar refractivity (Wildman–Crippen MR) is 68.9 cm³/mol. The monoisotopic (exact) mass is 263 g/mol. The summed E-state index contributed by atoms with van der Waals surface area (Å²) in [5.74, 6) is -1.36. The third-order valence-electron chi connectivity index (χ3n) is 3.21. The van der Waals surface area contributed by atoms with E-state index >= 15 is 0 Å². The second-order valence-corrected chi connectivity index (χ2v) is 4.43. The zero-order chi connectivity index (χ0) is 13.7. The molecule has 1 aliphatic rings. The van der Waals surface area contributed by atoms with Gasteiger partial charge < -0.3 is 20.3 Å². The summed E-state index contributed by atoms with van der Waals surface area (Å²) in [6.07, 6.45) is 2.05. The average molecular weight is 263 g/mol. The number of nitrogens with two attached hydrogens (primary N) is 1. The Morgan fingerprint density at radius 2 is 2.11 bits per heavy atom. The van der Waals surface area contributed by atoms with Crippen LogP contribution in [0.4, 0.5) is 0 Å². The van der Waals surface area contributed by atoms with Crippen molar-refractivity contribution in [2.24, 2.45) is 17.6 Å². The van der Waals surface area contributed by atoms with E-state index in [2.05, 4.69) is 0 Å². The highest BCUT2D eigenvalue weighted by atomic mass is 16.7. The van der Waals surface area contributed by atoms with Crippen LogP contribution >= 0.6 is 0 Å². The van der Waals surface area contributed by atoms with Crippen LogP contribution in [0.25, 0.3) is 0 Å². The minimum absolute atomic E-state index is 0.0630. The van der Waals surface area contributed by atoms with Gasteiger partial charge in [0.25, 0.3) is 0 Å². The number of rotatable bonds is 6. The molecule has 0 aliphatic carbocycles. The summed E-state index contributed by atoms with van der Waals surface area (Å²) < 4.78 is 10.4. The van der Waals surface area contributed by atoms with E-state index < -0.39 is 11.9 Å². The van der Waals surface area contributed by atoms with E-state index in [0.29, 0.717) is 12.2 Å². The highest BCUT2D eigenvalue weighted by Crippen LogP contribution is 2.28. The van der Waals surface area contributed by atoms with E-state index in [0.717, 1.165) is 5.56 Å². The lowest BCUT2D eigenvalue weighted by Crippen LogP contribution is -2.33. The number of benzene rings is 1. The molecule has 5 nitrogen and oxygen atoms in total. The summed E-state index contributed by atoms with van der Waals surface area (Å²) in [4.78, 5) is 11.3. The van der Waals surface area contributed by atoms with Gasteiger partial charge in [0.05, 0.1) is 5.92 Å². The van der Waals surface area contributed by atoms with Gasteiger partial charge in [0.1, 0.15) is 12.0 Å². The van der Waals surface area contributed by atoms with Gasteiger partial charge in [-0.15, -0.1) is 0 Å². The highest BCUT2D eigenvalue weighted by Gasteiger charge is 2.33. The van der Waals surface area contributed by atoms with Crippen LogP contribution in [0.2, 0.25) is 0 Å². The lowest BCUT2D eigenvalue weighted by molar-refractivity contribution is -0.143. The van der Waals surface area contributed by atoms with Crippen LogP contribution in [-0.4, -0.2) is 24.4 Å². The first-order valence-corrected chi connectivity index (χ1v) is 6.13. The van der Waals surface area contributed by atoms with Gasteiger partial charge in [0.2, 0.25) is 6.79 Å². The van der Waals surface area contributed by atoms with Crippen molar-refractivity contribution in [2.75, 3.05) is 13.3 Å². The van der Waals surface area contributed by atoms with Crippen LogP contribution in [0, 0.1) is 11.8 Å². The van der Waals surface area contributed by atoms with Crippen LogP contribution in [0.3, 0.4) is 0 Å². The molecule has 102 valence electrons. The van der Waals surface area contributed by atoms with E-state index in [1.807, 2.05) is 30.3 Å². The summed E-state index contributed by atoms with van der Waals surface area (Å²) in [5.41, 5.74) is 6.64. The molecule has 1 heterocycles. The molecule has 0 saturated carbocycles. The smallest absolute Gasteiger partial charge is 0.308 e. The van der Waals surface area contributed by atoms with E-state index in [1.54, 1.807) is 0 Å². The summed E-state index contributed by atoms with van der Waals surface area (Å²) >= 11 is 0. The molecule has 1 aromatic rings. The van der Waals surface area contributed by atoms with Crippen LogP contribution in [0.5, 0.6) is 0 Å². The molecule has 2 rings (SSSR count). The molecule has 3 N–H and O–H groups in total.